The van der Waals surface area contributed by atoms with Crippen LogP contribution < -0.4 is 15.2 Å². The van der Waals surface area contributed by atoms with E-state index >= 15 is 0 Å². The Kier molecular flexibility index (Phi) is 5.12. The minimum absolute atomic E-state index is 0.00972. The fourth-order valence-corrected chi connectivity index (χ4v) is 3.83. The second-order valence-corrected chi connectivity index (χ2v) is 8.28. The lowest BCUT2D eigenvalue weighted by Crippen LogP contribution is -2.33. The van der Waals surface area contributed by atoms with Crippen molar-refractivity contribution in [3.63, 3.8) is 0 Å². The molecule has 148 valence electrons. The van der Waals surface area contributed by atoms with E-state index in [0.717, 1.165) is 5.56 Å². The van der Waals surface area contributed by atoms with Crippen molar-refractivity contribution in [3.05, 3.63) is 46.6 Å². The Bertz CT molecular complexity index is 919. The van der Waals surface area contributed by atoms with Crippen LogP contribution in [0.2, 0.25) is 0 Å². The second kappa shape index (κ2) is 7.23. The van der Waals surface area contributed by atoms with Gasteiger partial charge in [-0.15, -0.1) is 0 Å². The minimum Gasteiger partial charge on any atom is -0.493 e. The molecule has 1 aliphatic heterocycles. The number of Topliss-reactive ketones (excluding diaryl/α,β-unsaturated/α-hetero) is 1. The number of benzene rings is 1. The van der Waals surface area contributed by atoms with Gasteiger partial charge in [0.25, 0.3) is 0 Å². The number of hydrogen-bond acceptors (Lipinski definition) is 6. The first-order valence-corrected chi connectivity index (χ1v) is 9.35. The summed E-state index contributed by atoms with van der Waals surface area (Å²) in [5.74, 6) is 1.17. The van der Waals surface area contributed by atoms with E-state index < -0.39 is 5.92 Å². The van der Waals surface area contributed by atoms with Crippen LogP contribution in [0.3, 0.4) is 0 Å². The van der Waals surface area contributed by atoms with Gasteiger partial charge >= 0.3 is 0 Å². The average Bonchev–Trinajstić information content (AvgIpc) is 2.59. The van der Waals surface area contributed by atoms with Crippen LogP contribution in [-0.2, 0) is 9.53 Å². The van der Waals surface area contributed by atoms with Crippen molar-refractivity contribution in [1.82, 2.24) is 0 Å². The monoisotopic (exact) mass is 382 g/mol. The molecule has 1 unspecified atom stereocenters. The quantitative estimate of drug-likeness (QED) is 0.848. The lowest BCUT2D eigenvalue weighted by molar-refractivity contribution is -0.119. The molecule has 1 aromatic rings. The molecule has 3 rings (SSSR count). The summed E-state index contributed by atoms with van der Waals surface area (Å²) in [6, 6.07) is 7.58. The molecular weight excluding hydrogens is 356 g/mol. The summed E-state index contributed by atoms with van der Waals surface area (Å²) in [7, 11) is 1.56. The zero-order chi connectivity index (χ0) is 20.6. The molecule has 1 aliphatic carbocycles. The molecule has 0 radical (unpaired) electrons. The zero-order valence-electron chi connectivity index (χ0n) is 17.0. The molecule has 0 fully saturated rings. The van der Waals surface area contributed by atoms with Crippen LogP contribution in [0, 0.1) is 16.7 Å². The SMILES string of the molecule is COc1cc(C2C(C#N)=C(N)OC3=C2C(=O)CC(C)(C)C3)ccc1OC(C)C. The van der Waals surface area contributed by atoms with E-state index in [1.807, 2.05) is 33.8 Å². The van der Waals surface area contributed by atoms with Gasteiger partial charge in [-0.05, 0) is 37.0 Å². The first-order chi connectivity index (χ1) is 13.2. The molecule has 28 heavy (non-hydrogen) atoms. The molecule has 0 saturated carbocycles. The van der Waals surface area contributed by atoms with Crippen molar-refractivity contribution in [2.75, 3.05) is 7.11 Å². The molecular formula is C22H26N2O4. The van der Waals surface area contributed by atoms with Gasteiger partial charge in [0, 0.05) is 18.4 Å². The van der Waals surface area contributed by atoms with Crippen molar-refractivity contribution in [3.8, 4) is 17.6 Å². The van der Waals surface area contributed by atoms with E-state index in [2.05, 4.69) is 6.07 Å². The molecule has 1 heterocycles. The van der Waals surface area contributed by atoms with Crippen LogP contribution in [0.15, 0.2) is 41.0 Å². The predicted octanol–water partition coefficient (Wildman–Crippen LogP) is 3.93. The molecule has 1 aromatic carbocycles. The summed E-state index contributed by atoms with van der Waals surface area (Å²) in [6.45, 7) is 7.91. The summed E-state index contributed by atoms with van der Waals surface area (Å²) in [4.78, 5) is 13.0. The third-order valence-electron chi connectivity index (χ3n) is 4.96. The second-order valence-electron chi connectivity index (χ2n) is 8.28. The van der Waals surface area contributed by atoms with E-state index in [0.29, 0.717) is 35.7 Å². The van der Waals surface area contributed by atoms with E-state index in [9.17, 15) is 10.1 Å². The van der Waals surface area contributed by atoms with Crippen LogP contribution in [0.25, 0.3) is 0 Å². The highest BCUT2D eigenvalue weighted by atomic mass is 16.5. The Morgan fingerprint density at radius 3 is 2.61 bits per heavy atom. The van der Waals surface area contributed by atoms with Gasteiger partial charge in [0.05, 0.1) is 19.1 Å². The Hall–Kier alpha value is -2.94. The highest BCUT2D eigenvalue weighted by Crippen LogP contribution is 2.48. The highest BCUT2D eigenvalue weighted by Gasteiger charge is 2.43. The van der Waals surface area contributed by atoms with Crippen LogP contribution in [0.1, 0.15) is 52.0 Å². The van der Waals surface area contributed by atoms with Crippen molar-refractivity contribution < 1.29 is 19.0 Å². The Balaban J connectivity index is 2.14. The smallest absolute Gasteiger partial charge is 0.205 e. The summed E-state index contributed by atoms with van der Waals surface area (Å²) in [6.07, 6.45) is 0.982. The first-order valence-electron chi connectivity index (χ1n) is 9.35. The first kappa shape index (κ1) is 19.8. The van der Waals surface area contributed by atoms with E-state index in [1.54, 1.807) is 19.2 Å². The number of nitrogens with two attached hydrogens (primary N) is 1. The van der Waals surface area contributed by atoms with Gasteiger partial charge in [0.2, 0.25) is 5.88 Å². The average molecular weight is 382 g/mol. The number of nitrogens with zero attached hydrogens (tertiary/aromatic N) is 1. The third-order valence-corrected chi connectivity index (χ3v) is 4.96. The number of nitriles is 1. The Morgan fingerprint density at radius 2 is 2.00 bits per heavy atom. The lowest BCUT2D eigenvalue weighted by atomic mass is 9.70. The largest absolute Gasteiger partial charge is 0.493 e. The molecule has 2 N–H and O–H groups in total. The van der Waals surface area contributed by atoms with Crippen LogP contribution in [0.5, 0.6) is 11.5 Å². The molecule has 0 bridgehead atoms. The molecule has 6 nitrogen and oxygen atoms in total. The van der Waals surface area contributed by atoms with Crippen molar-refractivity contribution >= 4 is 5.78 Å². The number of carbonyl (C=O) groups excluding carboxylic acids is 1. The number of methoxy groups -OCH3 is 1. The fraction of sp³-hybridized carbons (Fsp3) is 0.455. The summed E-state index contributed by atoms with van der Waals surface area (Å²) < 4.78 is 17.0. The van der Waals surface area contributed by atoms with Gasteiger partial charge in [-0.3, -0.25) is 4.79 Å². The third kappa shape index (κ3) is 3.57. The molecule has 2 aliphatic rings. The summed E-state index contributed by atoms with van der Waals surface area (Å²) >= 11 is 0. The molecule has 0 spiro atoms. The maximum absolute atomic E-state index is 13.0. The topological polar surface area (TPSA) is 94.6 Å². The molecule has 1 atom stereocenters. The van der Waals surface area contributed by atoms with Crippen molar-refractivity contribution in [1.29, 1.82) is 5.26 Å². The molecule has 0 aromatic heterocycles. The van der Waals surface area contributed by atoms with Gasteiger partial charge in [-0.2, -0.15) is 5.26 Å². The maximum atomic E-state index is 13.0. The van der Waals surface area contributed by atoms with Crippen LogP contribution in [0.4, 0.5) is 0 Å². The molecule has 0 amide bonds. The van der Waals surface area contributed by atoms with E-state index in [1.165, 1.54) is 0 Å². The van der Waals surface area contributed by atoms with Crippen LogP contribution >= 0.6 is 0 Å². The number of ketones is 1. The van der Waals surface area contributed by atoms with Crippen LogP contribution in [-0.4, -0.2) is 19.0 Å². The zero-order valence-corrected chi connectivity index (χ0v) is 17.0. The van der Waals surface area contributed by atoms with E-state index in [-0.39, 0.29) is 28.8 Å². The number of hydrogen-bond donors (Lipinski definition) is 1. The Labute approximate surface area is 165 Å². The summed E-state index contributed by atoms with van der Waals surface area (Å²) in [5, 5.41) is 9.71. The highest BCUT2D eigenvalue weighted by molar-refractivity contribution is 6.00. The Morgan fingerprint density at radius 1 is 1.29 bits per heavy atom. The number of allylic oxidation sites excluding steroid dienone is 3. The van der Waals surface area contributed by atoms with Gasteiger partial charge in [-0.1, -0.05) is 19.9 Å². The van der Waals surface area contributed by atoms with E-state index in [4.69, 9.17) is 19.9 Å². The van der Waals surface area contributed by atoms with Gasteiger partial charge in [0.15, 0.2) is 17.3 Å². The van der Waals surface area contributed by atoms with Crippen molar-refractivity contribution in [2.45, 2.75) is 52.6 Å². The van der Waals surface area contributed by atoms with Gasteiger partial charge in [0.1, 0.15) is 17.4 Å². The van der Waals surface area contributed by atoms with Gasteiger partial charge < -0.3 is 19.9 Å². The predicted molar refractivity (Wildman–Crippen MR) is 104 cm³/mol. The number of rotatable bonds is 4. The summed E-state index contributed by atoms with van der Waals surface area (Å²) in [5.41, 5.74) is 7.35. The molecule has 6 heteroatoms. The van der Waals surface area contributed by atoms with Gasteiger partial charge in [-0.25, -0.2) is 0 Å². The maximum Gasteiger partial charge on any atom is 0.205 e. The molecule has 0 saturated heterocycles. The normalized spacial score (nSPS) is 21.2. The lowest BCUT2D eigenvalue weighted by Gasteiger charge is -2.37. The number of carbonyl (C=O) groups is 1. The minimum atomic E-state index is -0.570. The fourth-order valence-electron chi connectivity index (χ4n) is 3.83. The standard InChI is InChI=1S/C22H26N2O4/c1-12(2)27-16-7-6-13(8-17(16)26-5)19-14(11-23)21(24)28-18-10-22(3,4)9-15(25)20(18)19/h6-8,12,19H,9-10,24H2,1-5H3. The number of ether oxygens (including phenoxy) is 3. The van der Waals surface area contributed by atoms with Crippen molar-refractivity contribution in [2.24, 2.45) is 11.1 Å².